The van der Waals surface area contributed by atoms with Crippen LogP contribution in [0.4, 0.5) is 22.1 Å². The number of nitrogens with zero attached hydrogens (tertiary/aromatic N) is 6. The van der Waals surface area contributed by atoms with Crippen molar-refractivity contribution >= 4 is 23.4 Å². The number of pyridine rings is 1. The summed E-state index contributed by atoms with van der Waals surface area (Å²) in [4.78, 5) is 31.6. The van der Waals surface area contributed by atoms with Crippen molar-refractivity contribution < 1.29 is 9.53 Å². The Morgan fingerprint density at radius 3 is 2.55 bits per heavy atom. The summed E-state index contributed by atoms with van der Waals surface area (Å²) in [6.07, 6.45) is 6.93. The second-order valence-corrected chi connectivity index (χ2v) is 8.98. The second kappa shape index (κ2) is 9.94. The lowest BCUT2D eigenvalue weighted by Crippen LogP contribution is -2.43. The number of ether oxygens (including phenoxy) is 1. The Balaban J connectivity index is 1.59. The first-order valence-corrected chi connectivity index (χ1v) is 11.0. The molecule has 1 aliphatic heterocycles. The van der Waals surface area contributed by atoms with E-state index >= 15 is 0 Å². The number of hydrogen-bond acceptors (Lipinski definition) is 7. The van der Waals surface area contributed by atoms with E-state index in [2.05, 4.69) is 38.7 Å². The molecule has 1 fully saturated rings. The molecule has 1 saturated heterocycles. The number of hydrogen-bond donors (Lipinski definition) is 0. The first kappa shape index (κ1) is 22.8. The fraction of sp³-hybridized carbons (Fsp3) is 0.565. The summed E-state index contributed by atoms with van der Waals surface area (Å²) >= 11 is 0. The standard InChI is InChI=1S/C23H34N6O2/c1-6-29(19-8-7-11-24-15-19)21-14-20(25-17-26-21)27(5)16-18-9-12-28(13-10-18)22(30)31-23(2,3)4/h7-8,11,14-15,17-18H,6,9-10,12-13,16H2,1-5H3. The molecular formula is C23H34N6O2. The van der Waals surface area contributed by atoms with Crippen molar-refractivity contribution in [2.75, 3.05) is 43.0 Å². The Bertz CT molecular complexity index is 847. The van der Waals surface area contributed by atoms with Gasteiger partial charge in [-0.1, -0.05) is 0 Å². The average molecular weight is 427 g/mol. The maximum atomic E-state index is 12.3. The molecule has 8 nitrogen and oxygen atoms in total. The molecule has 31 heavy (non-hydrogen) atoms. The van der Waals surface area contributed by atoms with Gasteiger partial charge in [-0.3, -0.25) is 4.98 Å². The van der Waals surface area contributed by atoms with Crippen molar-refractivity contribution in [3.63, 3.8) is 0 Å². The van der Waals surface area contributed by atoms with Crippen LogP contribution in [0.1, 0.15) is 40.5 Å². The molecule has 168 valence electrons. The van der Waals surface area contributed by atoms with Crippen LogP contribution < -0.4 is 9.80 Å². The zero-order chi connectivity index (χ0) is 22.4. The van der Waals surface area contributed by atoms with Crippen LogP contribution >= 0.6 is 0 Å². The maximum Gasteiger partial charge on any atom is 0.410 e. The molecule has 0 aliphatic carbocycles. The molecule has 2 aromatic rings. The van der Waals surface area contributed by atoms with Gasteiger partial charge in [0.1, 0.15) is 23.6 Å². The zero-order valence-corrected chi connectivity index (χ0v) is 19.3. The van der Waals surface area contributed by atoms with Crippen molar-refractivity contribution in [2.45, 2.75) is 46.1 Å². The van der Waals surface area contributed by atoms with E-state index in [1.165, 1.54) is 0 Å². The summed E-state index contributed by atoms with van der Waals surface area (Å²) in [7, 11) is 2.06. The number of carbonyl (C=O) groups excluding carboxylic acids is 1. The lowest BCUT2D eigenvalue weighted by Gasteiger charge is -2.35. The quantitative estimate of drug-likeness (QED) is 0.688. The molecule has 2 aromatic heterocycles. The van der Waals surface area contributed by atoms with Crippen LogP contribution in [0.5, 0.6) is 0 Å². The molecule has 0 radical (unpaired) electrons. The van der Waals surface area contributed by atoms with Gasteiger partial charge in [-0.2, -0.15) is 0 Å². The molecule has 3 rings (SSSR count). The minimum atomic E-state index is -0.457. The number of carbonyl (C=O) groups is 1. The van der Waals surface area contributed by atoms with Crippen LogP contribution in [0.25, 0.3) is 0 Å². The average Bonchev–Trinajstić information content (AvgIpc) is 2.74. The van der Waals surface area contributed by atoms with Gasteiger partial charge in [-0.05, 0) is 58.6 Å². The summed E-state index contributed by atoms with van der Waals surface area (Å²) in [5.74, 6) is 2.25. The number of likely N-dealkylation sites (tertiary alicyclic amines) is 1. The number of rotatable bonds is 6. The van der Waals surface area contributed by atoms with E-state index in [0.717, 1.165) is 56.3 Å². The molecule has 8 heteroatoms. The predicted molar refractivity (Wildman–Crippen MR) is 123 cm³/mol. The normalized spacial score (nSPS) is 14.9. The molecule has 0 bridgehead atoms. The molecule has 0 spiro atoms. The molecular weight excluding hydrogens is 392 g/mol. The SMILES string of the molecule is CCN(c1cccnc1)c1cc(N(C)CC2CCN(C(=O)OC(C)(C)C)CC2)ncn1. The van der Waals surface area contributed by atoms with Gasteiger partial charge in [0.15, 0.2) is 0 Å². The number of aromatic nitrogens is 3. The van der Waals surface area contributed by atoms with E-state index in [0.29, 0.717) is 5.92 Å². The smallest absolute Gasteiger partial charge is 0.410 e. The summed E-state index contributed by atoms with van der Waals surface area (Å²) in [5.41, 5.74) is 0.549. The zero-order valence-electron chi connectivity index (χ0n) is 19.3. The molecule has 0 unspecified atom stereocenters. The summed E-state index contributed by atoms with van der Waals surface area (Å²) < 4.78 is 5.50. The molecule has 1 aliphatic rings. The van der Waals surface area contributed by atoms with Crippen LogP contribution in [-0.2, 0) is 4.74 Å². The van der Waals surface area contributed by atoms with Gasteiger partial charge in [0.05, 0.1) is 11.9 Å². The summed E-state index contributed by atoms with van der Waals surface area (Å²) in [6, 6.07) is 5.97. The van der Waals surface area contributed by atoms with Crippen molar-refractivity contribution in [3.05, 3.63) is 36.9 Å². The predicted octanol–water partition coefficient (Wildman–Crippen LogP) is 4.11. The van der Waals surface area contributed by atoms with Gasteiger partial charge in [-0.25, -0.2) is 14.8 Å². The van der Waals surface area contributed by atoms with Crippen LogP contribution in [0.15, 0.2) is 36.9 Å². The van der Waals surface area contributed by atoms with Gasteiger partial charge < -0.3 is 19.4 Å². The molecule has 0 aromatic carbocycles. The van der Waals surface area contributed by atoms with E-state index in [4.69, 9.17) is 4.74 Å². The fourth-order valence-electron chi connectivity index (χ4n) is 3.79. The van der Waals surface area contributed by atoms with Crippen molar-refractivity contribution in [3.8, 4) is 0 Å². The third-order valence-electron chi connectivity index (χ3n) is 5.38. The van der Waals surface area contributed by atoms with Crippen LogP contribution in [0, 0.1) is 5.92 Å². The highest BCUT2D eigenvalue weighted by Gasteiger charge is 2.27. The van der Waals surface area contributed by atoms with E-state index in [9.17, 15) is 4.79 Å². The Kier molecular flexibility index (Phi) is 7.30. The van der Waals surface area contributed by atoms with Gasteiger partial charge in [0.2, 0.25) is 0 Å². The summed E-state index contributed by atoms with van der Waals surface area (Å²) in [5, 5.41) is 0. The van der Waals surface area contributed by atoms with Crippen molar-refractivity contribution in [2.24, 2.45) is 5.92 Å². The van der Waals surface area contributed by atoms with Crippen LogP contribution in [0.3, 0.4) is 0 Å². The van der Waals surface area contributed by atoms with Crippen molar-refractivity contribution in [1.29, 1.82) is 0 Å². The molecule has 3 heterocycles. The molecule has 0 saturated carbocycles. The monoisotopic (exact) mass is 426 g/mol. The molecule has 0 atom stereocenters. The lowest BCUT2D eigenvalue weighted by atomic mass is 9.96. The van der Waals surface area contributed by atoms with Crippen LogP contribution in [-0.4, -0.2) is 64.8 Å². The first-order chi connectivity index (χ1) is 14.8. The second-order valence-electron chi connectivity index (χ2n) is 8.98. The van der Waals surface area contributed by atoms with E-state index in [1.54, 1.807) is 12.5 Å². The van der Waals surface area contributed by atoms with Gasteiger partial charge >= 0.3 is 6.09 Å². The minimum Gasteiger partial charge on any atom is -0.444 e. The number of amides is 1. The number of piperidine rings is 1. The Labute approximate surface area is 185 Å². The third-order valence-corrected chi connectivity index (χ3v) is 5.38. The Morgan fingerprint density at radius 2 is 1.94 bits per heavy atom. The lowest BCUT2D eigenvalue weighted by molar-refractivity contribution is 0.0186. The Morgan fingerprint density at radius 1 is 1.23 bits per heavy atom. The highest BCUT2D eigenvalue weighted by Crippen LogP contribution is 2.26. The Hall–Kier alpha value is -2.90. The van der Waals surface area contributed by atoms with Crippen LogP contribution in [0.2, 0.25) is 0 Å². The molecule has 0 N–H and O–H groups in total. The maximum absolute atomic E-state index is 12.3. The highest BCUT2D eigenvalue weighted by molar-refractivity contribution is 5.68. The minimum absolute atomic E-state index is 0.213. The van der Waals surface area contributed by atoms with E-state index in [1.807, 2.05) is 50.1 Å². The van der Waals surface area contributed by atoms with Gasteiger partial charge in [-0.15, -0.1) is 0 Å². The van der Waals surface area contributed by atoms with E-state index in [-0.39, 0.29) is 6.09 Å². The van der Waals surface area contributed by atoms with Crippen molar-refractivity contribution in [1.82, 2.24) is 19.9 Å². The molecule has 1 amide bonds. The third kappa shape index (κ3) is 6.29. The first-order valence-electron chi connectivity index (χ1n) is 11.0. The van der Waals surface area contributed by atoms with E-state index < -0.39 is 5.60 Å². The summed E-state index contributed by atoms with van der Waals surface area (Å²) in [6.45, 7) is 10.9. The topological polar surface area (TPSA) is 74.7 Å². The van der Waals surface area contributed by atoms with Gasteiger partial charge in [0.25, 0.3) is 0 Å². The largest absolute Gasteiger partial charge is 0.444 e. The highest BCUT2D eigenvalue weighted by atomic mass is 16.6. The van der Waals surface area contributed by atoms with Gasteiger partial charge in [0, 0.05) is 45.5 Å². The fourth-order valence-corrected chi connectivity index (χ4v) is 3.79. The number of anilines is 3.